The number of carbonyl (C=O) groups excluding carboxylic acids is 1. The normalized spacial score (nSPS) is 20.3. The number of rotatable bonds is 6. The highest BCUT2D eigenvalue weighted by Crippen LogP contribution is 2.51. The second-order valence-electron chi connectivity index (χ2n) is 11.9. The van der Waals surface area contributed by atoms with Crippen LogP contribution in [0.3, 0.4) is 0 Å². The molecule has 2 aliphatic carbocycles. The fourth-order valence-corrected chi connectivity index (χ4v) is 6.93. The van der Waals surface area contributed by atoms with E-state index in [9.17, 15) is 41.0 Å². The molecule has 3 aliphatic rings. The van der Waals surface area contributed by atoms with Crippen molar-refractivity contribution in [2.24, 2.45) is 11.8 Å². The van der Waals surface area contributed by atoms with Gasteiger partial charge in [0.05, 0.1) is 11.1 Å². The number of benzene rings is 3. The zero-order valence-corrected chi connectivity index (χ0v) is 24.3. The highest BCUT2D eigenvalue weighted by Gasteiger charge is 2.60. The van der Waals surface area contributed by atoms with Crippen LogP contribution < -0.4 is 0 Å². The van der Waals surface area contributed by atoms with Crippen LogP contribution in [0.1, 0.15) is 28.2 Å². The molecule has 0 radical (unpaired) electrons. The van der Waals surface area contributed by atoms with Gasteiger partial charge in [0.1, 0.15) is 6.33 Å². The van der Waals surface area contributed by atoms with E-state index in [1.807, 2.05) is 48.5 Å². The van der Waals surface area contributed by atoms with Crippen molar-refractivity contribution in [2.45, 2.75) is 24.3 Å². The molecule has 2 amide bonds. The average molecular weight is 654 g/mol. The van der Waals surface area contributed by atoms with E-state index in [1.54, 1.807) is 4.90 Å². The van der Waals surface area contributed by atoms with Crippen LogP contribution in [0.25, 0.3) is 28.7 Å². The number of piperidine rings is 1. The first-order valence-electron chi connectivity index (χ1n) is 14.7. The molecule has 1 aliphatic heterocycles. The van der Waals surface area contributed by atoms with Gasteiger partial charge < -0.3 is 14.9 Å². The molecule has 0 bridgehead atoms. The molecular weight excluding hydrogens is 628 g/mol. The van der Waals surface area contributed by atoms with E-state index in [2.05, 4.69) is 10.1 Å². The fourth-order valence-electron chi connectivity index (χ4n) is 6.93. The summed E-state index contributed by atoms with van der Waals surface area (Å²) in [5.74, 6) is -0.949. The van der Waals surface area contributed by atoms with Gasteiger partial charge in [0.2, 0.25) is 5.91 Å². The molecule has 7 rings (SSSR count). The molecule has 2 fully saturated rings. The van der Waals surface area contributed by atoms with E-state index < -0.39 is 41.0 Å². The topological polar surface area (TPSA) is 91.6 Å². The molecule has 4 aromatic rings. The van der Waals surface area contributed by atoms with Crippen LogP contribution >= 0.6 is 0 Å². The number of carbonyl (C=O) groups is 2. The quantitative estimate of drug-likeness (QED) is 0.185. The molecule has 1 N–H and O–H groups in total. The predicted octanol–water partition coefficient (Wildman–Crippen LogP) is 6.70. The standard InChI is InChI=1S/C33H25F6N5O3/c34-32(35,36)19-11-18(12-20(13-19)33(37,38)39)30-40-17-43(41-30)10-9-28(45)42-14-26-27(15-42)29(26)44(31(46)47)16-25-23-7-3-1-5-21(23)22-6-2-4-8-24(22)25/h1-13,17,25-27,29H,14-16H2,(H,46,47)/b10-9-. The monoisotopic (exact) mass is 653 g/mol. The second kappa shape index (κ2) is 11.0. The third-order valence-electron chi connectivity index (χ3n) is 9.13. The molecule has 2 atom stereocenters. The highest BCUT2D eigenvalue weighted by molar-refractivity contribution is 5.90. The molecular formula is C33H25F6N5O3. The third kappa shape index (κ3) is 5.61. The van der Waals surface area contributed by atoms with Crippen molar-refractivity contribution in [3.63, 3.8) is 0 Å². The van der Waals surface area contributed by atoms with Gasteiger partial charge in [-0.25, -0.2) is 14.5 Å². The van der Waals surface area contributed by atoms with Crippen molar-refractivity contribution < 1.29 is 41.0 Å². The summed E-state index contributed by atoms with van der Waals surface area (Å²) in [6, 6.07) is 16.8. The first-order chi connectivity index (χ1) is 22.3. The van der Waals surface area contributed by atoms with Gasteiger partial charge in [-0.2, -0.15) is 26.3 Å². The molecule has 1 saturated heterocycles. The summed E-state index contributed by atoms with van der Waals surface area (Å²) in [4.78, 5) is 32.3. The summed E-state index contributed by atoms with van der Waals surface area (Å²) in [6.45, 7) is 0.972. The van der Waals surface area contributed by atoms with Crippen molar-refractivity contribution in [3.8, 4) is 22.5 Å². The zero-order chi connectivity index (χ0) is 33.2. The van der Waals surface area contributed by atoms with Crippen molar-refractivity contribution in [1.82, 2.24) is 24.6 Å². The summed E-state index contributed by atoms with van der Waals surface area (Å²) < 4.78 is 80.5. The minimum absolute atomic E-state index is 0.0205. The lowest BCUT2D eigenvalue weighted by Gasteiger charge is -2.28. The number of aromatic nitrogens is 3. The molecule has 1 aromatic heterocycles. The lowest BCUT2D eigenvalue weighted by molar-refractivity contribution is -0.143. The van der Waals surface area contributed by atoms with E-state index >= 15 is 0 Å². The number of alkyl halides is 6. The minimum atomic E-state index is -5.02. The van der Waals surface area contributed by atoms with Crippen LogP contribution in [0.2, 0.25) is 0 Å². The van der Waals surface area contributed by atoms with Gasteiger partial charge in [-0.3, -0.25) is 4.79 Å². The van der Waals surface area contributed by atoms with Crippen LogP contribution in [-0.4, -0.2) is 67.3 Å². The van der Waals surface area contributed by atoms with Crippen molar-refractivity contribution >= 4 is 18.2 Å². The Bertz CT molecular complexity index is 1830. The number of amides is 2. The first kappa shape index (κ1) is 30.5. The van der Waals surface area contributed by atoms with Gasteiger partial charge >= 0.3 is 18.4 Å². The summed E-state index contributed by atoms with van der Waals surface area (Å²) >= 11 is 0. The number of hydrogen-bond donors (Lipinski definition) is 1. The van der Waals surface area contributed by atoms with Crippen molar-refractivity contribution in [1.29, 1.82) is 0 Å². The lowest BCUT2D eigenvalue weighted by atomic mass is 9.96. The largest absolute Gasteiger partial charge is 0.465 e. The summed E-state index contributed by atoms with van der Waals surface area (Å²) in [6.07, 6.45) is -7.61. The van der Waals surface area contributed by atoms with Crippen LogP contribution in [0, 0.1) is 11.8 Å². The average Bonchev–Trinajstić information content (AvgIpc) is 3.41. The lowest BCUT2D eigenvalue weighted by Crippen LogP contribution is -2.41. The smallest absolute Gasteiger partial charge is 0.416 e. The van der Waals surface area contributed by atoms with Gasteiger partial charge in [-0.05, 0) is 40.5 Å². The molecule has 1 saturated carbocycles. The number of fused-ring (bicyclic) bond motifs is 4. The molecule has 0 spiro atoms. The predicted molar refractivity (Wildman–Crippen MR) is 157 cm³/mol. The third-order valence-corrected chi connectivity index (χ3v) is 9.13. The number of hydrogen-bond acceptors (Lipinski definition) is 4. The Balaban J connectivity index is 1.01. The van der Waals surface area contributed by atoms with Crippen molar-refractivity contribution in [2.75, 3.05) is 19.6 Å². The van der Waals surface area contributed by atoms with Gasteiger partial charge in [0, 0.05) is 61.3 Å². The van der Waals surface area contributed by atoms with Crippen LogP contribution in [0.15, 0.2) is 79.1 Å². The Morgan fingerprint density at radius 3 is 1.96 bits per heavy atom. The number of carboxylic acid groups (broad SMARTS) is 1. The maximum Gasteiger partial charge on any atom is 0.416 e. The maximum absolute atomic E-state index is 13.3. The Morgan fingerprint density at radius 1 is 0.872 bits per heavy atom. The fraction of sp³-hybridized carbons (Fsp3) is 0.273. The number of likely N-dealkylation sites (tertiary alicyclic amines) is 1. The van der Waals surface area contributed by atoms with Gasteiger partial charge in [-0.1, -0.05) is 48.5 Å². The molecule has 2 unspecified atom stereocenters. The van der Waals surface area contributed by atoms with E-state index in [4.69, 9.17) is 0 Å². The minimum Gasteiger partial charge on any atom is -0.465 e. The van der Waals surface area contributed by atoms with Crippen LogP contribution in [0.4, 0.5) is 31.1 Å². The summed E-state index contributed by atoms with van der Waals surface area (Å²) in [5.41, 5.74) is 0.889. The van der Waals surface area contributed by atoms with E-state index in [1.165, 1.54) is 17.2 Å². The molecule has 47 heavy (non-hydrogen) atoms. The molecule has 8 nitrogen and oxygen atoms in total. The van der Waals surface area contributed by atoms with Gasteiger partial charge in [0.15, 0.2) is 5.82 Å². The van der Waals surface area contributed by atoms with E-state index in [0.29, 0.717) is 31.8 Å². The summed E-state index contributed by atoms with van der Waals surface area (Å²) in [5, 5.41) is 14.1. The Morgan fingerprint density at radius 2 is 1.43 bits per heavy atom. The Hall–Kier alpha value is -5.14. The highest BCUT2D eigenvalue weighted by atomic mass is 19.4. The van der Waals surface area contributed by atoms with E-state index in [-0.39, 0.29) is 35.7 Å². The summed E-state index contributed by atoms with van der Waals surface area (Å²) in [7, 11) is 0. The SMILES string of the molecule is O=C(/C=C\n1cnc(-c2cc(C(F)(F)F)cc(C(F)(F)F)c2)n1)N1CC2C(C1)C2N(CC1c2ccccc2-c2ccccc21)C(=O)O. The maximum atomic E-state index is 13.3. The second-order valence-corrected chi connectivity index (χ2v) is 11.9. The van der Waals surface area contributed by atoms with Gasteiger partial charge in [-0.15, -0.1) is 5.10 Å². The molecule has 2 heterocycles. The molecule has 3 aromatic carbocycles. The number of halogens is 6. The van der Waals surface area contributed by atoms with Crippen molar-refractivity contribution in [3.05, 3.63) is 101 Å². The van der Waals surface area contributed by atoms with Crippen LogP contribution in [0.5, 0.6) is 0 Å². The van der Waals surface area contributed by atoms with Gasteiger partial charge in [0.25, 0.3) is 0 Å². The van der Waals surface area contributed by atoms with Crippen LogP contribution in [-0.2, 0) is 17.1 Å². The number of nitrogens with zero attached hydrogens (tertiary/aromatic N) is 5. The molecule has 14 heteroatoms. The zero-order valence-electron chi connectivity index (χ0n) is 24.3. The first-order valence-corrected chi connectivity index (χ1v) is 14.7. The Labute approximate surface area is 263 Å². The van der Waals surface area contributed by atoms with E-state index in [0.717, 1.165) is 33.3 Å². The Kier molecular flexibility index (Phi) is 7.13. The molecule has 242 valence electrons.